The van der Waals surface area contributed by atoms with Crippen LogP contribution in [0.4, 0.5) is 0 Å². The minimum absolute atomic E-state index is 0.182. The molecule has 1 amide bonds. The van der Waals surface area contributed by atoms with Crippen molar-refractivity contribution in [3.8, 4) is 0 Å². The zero-order chi connectivity index (χ0) is 11.3. The van der Waals surface area contributed by atoms with E-state index in [4.69, 9.17) is 28.3 Å². The molecule has 78 valence electrons. The van der Waals surface area contributed by atoms with Crippen molar-refractivity contribution in [1.29, 1.82) is 0 Å². The van der Waals surface area contributed by atoms with Crippen molar-refractivity contribution >= 4 is 41.4 Å². The van der Waals surface area contributed by atoms with E-state index in [9.17, 15) is 14.4 Å². The molecule has 0 rings (SSSR count). The summed E-state index contributed by atoms with van der Waals surface area (Å²) in [6, 6.07) is 0. The van der Waals surface area contributed by atoms with Crippen LogP contribution in [-0.2, 0) is 14.4 Å². The van der Waals surface area contributed by atoms with Crippen molar-refractivity contribution in [3.05, 3.63) is 10.1 Å². The highest BCUT2D eigenvalue weighted by atomic mass is 35.5. The van der Waals surface area contributed by atoms with Gasteiger partial charge in [-0.2, -0.15) is 0 Å². The number of carbonyl (C=O) groups excluding carboxylic acids is 2. The number of carboxylic acids is 1. The Morgan fingerprint density at radius 2 is 1.86 bits per heavy atom. The first kappa shape index (κ1) is 12.9. The van der Waals surface area contributed by atoms with E-state index in [1.54, 1.807) is 0 Å². The van der Waals surface area contributed by atoms with Crippen LogP contribution in [0.2, 0.25) is 0 Å². The molecule has 0 heterocycles. The highest BCUT2D eigenvalue weighted by molar-refractivity contribution is 6.53. The lowest BCUT2D eigenvalue weighted by atomic mass is 10.4. The number of amides is 1. The Morgan fingerprint density at radius 3 is 2.21 bits per heavy atom. The lowest BCUT2D eigenvalue weighted by Gasteiger charge is -2.12. The van der Waals surface area contributed by atoms with Gasteiger partial charge in [0.15, 0.2) is 0 Å². The van der Waals surface area contributed by atoms with Gasteiger partial charge in [0.1, 0.15) is 16.4 Å². The van der Waals surface area contributed by atoms with Gasteiger partial charge in [-0.15, -0.1) is 0 Å². The smallest absolute Gasteiger partial charge is 0.349 e. The summed E-state index contributed by atoms with van der Waals surface area (Å²) in [6.45, 7) is -0.182. The molecule has 0 aromatic rings. The number of aldehydes is 1. The number of carboxylic acid groups (broad SMARTS) is 1. The molecule has 7 heteroatoms. The third-order valence-electron chi connectivity index (χ3n) is 1.26. The number of nitrogens with zero attached hydrogens (tertiary/aromatic N) is 1. The van der Waals surface area contributed by atoms with Crippen molar-refractivity contribution in [1.82, 2.24) is 4.90 Å². The van der Waals surface area contributed by atoms with E-state index >= 15 is 0 Å². The minimum atomic E-state index is -1.50. The summed E-state index contributed by atoms with van der Waals surface area (Å²) in [6.07, 6.45) is 0.483. The number of carbonyl (C=O) groups is 3. The maximum absolute atomic E-state index is 11.2. The Kier molecular flexibility index (Phi) is 5.19. The highest BCUT2D eigenvalue weighted by Crippen LogP contribution is 2.16. The number of likely N-dealkylation sites (N-methyl/N-ethyl adjacent to an activating group) is 1. The number of hydrogen-bond acceptors (Lipinski definition) is 3. The molecule has 0 saturated carbocycles. The van der Waals surface area contributed by atoms with E-state index in [-0.39, 0.29) is 6.54 Å². The molecule has 0 aromatic heterocycles. The Hall–Kier alpha value is -1.07. The Morgan fingerprint density at radius 1 is 1.36 bits per heavy atom. The van der Waals surface area contributed by atoms with Crippen LogP contribution in [0.3, 0.4) is 0 Å². The fraction of sp³-hybridized carbons (Fsp3) is 0.286. The summed E-state index contributed by atoms with van der Waals surface area (Å²) in [5, 5.41) is 7.01. The lowest BCUT2D eigenvalue weighted by Crippen LogP contribution is -2.29. The standard InChI is InChI=1S/C7H7Cl2NO4/c1-10(2-3-11)6(12)4(8)5(9)7(13)14/h3H,2H2,1H3,(H,13,14)/b5-4-. The van der Waals surface area contributed by atoms with E-state index < -0.39 is 21.9 Å². The van der Waals surface area contributed by atoms with Crippen LogP contribution in [0.15, 0.2) is 10.1 Å². The fourth-order valence-corrected chi connectivity index (χ4v) is 0.856. The van der Waals surface area contributed by atoms with Gasteiger partial charge in [-0.25, -0.2) is 4.79 Å². The molecular formula is C7H7Cl2NO4. The molecule has 0 aliphatic carbocycles. The largest absolute Gasteiger partial charge is 0.477 e. The number of aliphatic carboxylic acids is 1. The van der Waals surface area contributed by atoms with Crippen molar-refractivity contribution in [3.63, 3.8) is 0 Å². The molecule has 0 aliphatic heterocycles. The van der Waals surface area contributed by atoms with Gasteiger partial charge in [-0.3, -0.25) is 4.79 Å². The molecule has 0 aliphatic rings. The summed E-state index contributed by atoms with van der Waals surface area (Å²) in [4.78, 5) is 32.5. The molecule has 0 unspecified atom stereocenters. The minimum Gasteiger partial charge on any atom is -0.477 e. The van der Waals surface area contributed by atoms with E-state index in [2.05, 4.69) is 0 Å². The number of rotatable bonds is 4. The van der Waals surface area contributed by atoms with Gasteiger partial charge >= 0.3 is 5.97 Å². The number of halogens is 2. The normalized spacial score (nSPS) is 11.6. The van der Waals surface area contributed by atoms with Gasteiger partial charge in [0.25, 0.3) is 5.91 Å². The van der Waals surface area contributed by atoms with Crippen LogP contribution in [0.25, 0.3) is 0 Å². The molecule has 0 aromatic carbocycles. The van der Waals surface area contributed by atoms with Gasteiger partial charge in [0.2, 0.25) is 0 Å². The first-order valence-corrected chi connectivity index (χ1v) is 4.15. The summed E-state index contributed by atoms with van der Waals surface area (Å²) >= 11 is 10.6. The molecule has 0 atom stereocenters. The van der Waals surface area contributed by atoms with Crippen LogP contribution < -0.4 is 0 Å². The molecule has 5 nitrogen and oxygen atoms in total. The Bertz CT molecular complexity index is 300. The van der Waals surface area contributed by atoms with Gasteiger partial charge < -0.3 is 14.8 Å². The summed E-state index contributed by atoms with van der Waals surface area (Å²) in [5.41, 5.74) is 0. The second-order valence-electron chi connectivity index (χ2n) is 2.29. The summed E-state index contributed by atoms with van der Waals surface area (Å²) < 4.78 is 0. The lowest BCUT2D eigenvalue weighted by molar-refractivity contribution is -0.132. The van der Waals surface area contributed by atoms with Crippen molar-refractivity contribution in [2.45, 2.75) is 0 Å². The van der Waals surface area contributed by atoms with Gasteiger partial charge in [0.05, 0.1) is 6.54 Å². The maximum Gasteiger partial charge on any atom is 0.349 e. The maximum atomic E-state index is 11.2. The average molecular weight is 240 g/mol. The molecule has 0 radical (unpaired) electrons. The van der Waals surface area contributed by atoms with E-state index in [1.165, 1.54) is 7.05 Å². The van der Waals surface area contributed by atoms with E-state index in [0.717, 1.165) is 4.90 Å². The molecule has 0 bridgehead atoms. The van der Waals surface area contributed by atoms with Crippen LogP contribution in [0.1, 0.15) is 0 Å². The SMILES string of the molecule is CN(CC=O)C(=O)/C(Cl)=C(/Cl)C(=O)O. The van der Waals surface area contributed by atoms with Crippen LogP contribution in [-0.4, -0.2) is 41.8 Å². The zero-order valence-electron chi connectivity index (χ0n) is 7.16. The molecular weight excluding hydrogens is 233 g/mol. The second kappa shape index (κ2) is 5.62. The summed E-state index contributed by atoms with van der Waals surface area (Å²) in [5.74, 6) is -2.31. The molecule has 0 fully saturated rings. The van der Waals surface area contributed by atoms with Crippen molar-refractivity contribution < 1.29 is 19.5 Å². The molecule has 14 heavy (non-hydrogen) atoms. The first-order chi connectivity index (χ1) is 6.41. The topological polar surface area (TPSA) is 74.7 Å². The predicted molar refractivity (Wildman–Crippen MR) is 50.1 cm³/mol. The third-order valence-corrected chi connectivity index (χ3v) is 2.06. The first-order valence-electron chi connectivity index (χ1n) is 3.39. The van der Waals surface area contributed by atoms with E-state index in [1.807, 2.05) is 0 Å². The quantitative estimate of drug-likeness (QED) is 0.570. The van der Waals surface area contributed by atoms with Crippen LogP contribution in [0, 0.1) is 0 Å². The molecule has 0 saturated heterocycles. The van der Waals surface area contributed by atoms with Gasteiger partial charge in [-0.1, -0.05) is 23.2 Å². The van der Waals surface area contributed by atoms with Crippen molar-refractivity contribution in [2.24, 2.45) is 0 Å². The fourth-order valence-electron chi connectivity index (χ4n) is 0.550. The predicted octanol–water partition coefficient (Wildman–Crippen LogP) is 0.417. The highest BCUT2D eigenvalue weighted by Gasteiger charge is 2.19. The zero-order valence-corrected chi connectivity index (χ0v) is 8.67. The van der Waals surface area contributed by atoms with Crippen LogP contribution >= 0.6 is 23.2 Å². The molecule has 0 spiro atoms. The average Bonchev–Trinajstić information content (AvgIpc) is 2.14. The Balaban J connectivity index is 4.77. The number of hydrogen-bond donors (Lipinski definition) is 1. The third kappa shape index (κ3) is 3.35. The van der Waals surface area contributed by atoms with E-state index in [0.29, 0.717) is 6.29 Å². The second-order valence-corrected chi connectivity index (χ2v) is 3.04. The molecule has 1 N–H and O–H groups in total. The monoisotopic (exact) mass is 239 g/mol. The van der Waals surface area contributed by atoms with Crippen molar-refractivity contribution in [2.75, 3.05) is 13.6 Å². The summed E-state index contributed by atoms with van der Waals surface area (Å²) in [7, 11) is 1.30. The Labute approximate surface area is 89.9 Å². The van der Waals surface area contributed by atoms with Gasteiger partial charge in [-0.05, 0) is 0 Å². The van der Waals surface area contributed by atoms with Gasteiger partial charge in [0, 0.05) is 7.05 Å². The van der Waals surface area contributed by atoms with Crippen LogP contribution in [0.5, 0.6) is 0 Å².